The van der Waals surface area contributed by atoms with Crippen molar-refractivity contribution >= 4 is 6.08 Å². The van der Waals surface area contributed by atoms with E-state index in [1.807, 2.05) is 30.3 Å². The van der Waals surface area contributed by atoms with Gasteiger partial charge in [-0.15, -0.1) is 0 Å². The van der Waals surface area contributed by atoms with Gasteiger partial charge in [0.2, 0.25) is 0 Å². The molecular formula is C14H18F3NO. The average molecular weight is 273 g/mol. The van der Waals surface area contributed by atoms with E-state index in [-0.39, 0.29) is 19.7 Å². The molecule has 2 nitrogen and oxygen atoms in total. The van der Waals surface area contributed by atoms with E-state index >= 15 is 0 Å². The van der Waals surface area contributed by atoms with Gasteiger partial charge < -0.3 is 5.11 Å². The van der Waals surface area contributed by atoms with Crippen LogP contribution in [0.2, 0.25) is 0 Å². The number of alkyl halides is 3. The minimum atomic E-state index is -4.21. The zero-order chi connectivity index (χ0) is 14.1. The summed E-state index contributed by atoms with van der Waals surface area (Å²) in [5.74, 6) is 0. The van der Waals surface area contributed by atoms with Crippen LogP contribution in [-0.2, 0) is 0 Å². The third kappa shape index (κ3) is 7.64. The van der Waals surface area contributed by atoms with E-state index < -0.39 is 12.7 Å². The fourth-order valence-corrected chi connectivity index (χ4v) is 1.68. The lowest BCUT2D eigenvalue weighted by Crippen LogP contribution is -2.35. The quantitative estimate of drug-likeness (QED) is 0.825. The molecule has 19 heavy (non-hydrogen) atoms. The second-order valence-electron chi connectivity index (χ2n) is 4.24. The van der Waals surface area contributed by atoms with Gasteiger partial charge in [-0.2, -0.15) is 13.2 Å². The summed E-state index contributed by atoms with van der Waals surface area (Å²) in [5, 5.41) is 8.69. The predicted molar refractivity (Wildman–Crippen MR) is 69.7 cm³/mol. The molecule has 0 unspecified atom stereocenters. The zero-order valence-corrected chi connectivity index (χ0v) is 10.6. The second kappa shape index (κ2) is 7.96. The Morgan fingerprint density at radius 2 is 1.84 bits per heavy atom. The van der Waals surface area contributed by atoms with E-state index in [2.05, 4.69) is 0 Å². The molecule has 0 radical (unpaired) electrons. The van der Waals surface area contributed by atoms with Crippen LogP contribution in [0.1, 0.15) is 12.0 Å². The van der Waals surface area contributed by atoms with Crippen molar-refractivity contribution in [3.63, 3.8) is 0 Å². The molecule has 0 aromatic heterocycles. The van der Waals surface area contributed by atoms with E-state index in [1.165, 1.54) is 4.90 Å². The number of benzene rings is 1. The van der Waals surface area contributed by atoms with Crippen LogP contribution in [-0.4, -0.2) is 42.4 Å². The van der Waals surface area contributed by atoms with Gasteiger partial charge in [0, 0.05) is 19.7 Å². The minimum absolute atomic E-state index is 0.100. The Bertz CT molecular complexity index is 376. The van der Waals surface area contributed by atoms with Crippen LogP contribution in [0, 0.1) is 0 Å². The maximum absolute atomic E-state index is 12.4. The maximum Gasteiger partial charge on any atom is 0.401 e. The van der Waals surface area contributed by atoms with Gasteiger partial charge in [-0.1, -0.05) is 42.5 Å². The fourth-order valence-electron chi connectivity index (χ4n) is 1.68. The fraction of sp³-hybridized carbons (Fsp3) is 0.429. The number of hydrogen-bond donors (Lipinski definition) is 1. The van der Waals surface area contributed by atoms with Crippen molar-refractivity contribution < 1.29 is 18.3 Å². The second-order valence-corrected chi connectivity index (χ2v) is 4.24. The number of nitrogens with zero attached hydrogens (tertiary/aromatic N) is 1. The number of aliphatic hydroxyl groups is 1. The molecule has 0 aliphatic heterocycles. The van der Waals surface area contributed by atoms with Gasteiger partial charge in [0.1, 0.15) is 0 Å². The third-order valence-corrected chi connectivity index (χ3v) is 2.51. The van der Waals surface area contributed by atoms with Crippen LogP contribution in [0.4, 0.5) is 13.2 Å². The van der Waals surface area contributed by atoms with E-state index in [4.69, 9.17) is 5.11 Å². The van der Waals surface area contributed by atoms with Gasteiger partial charge >= 0.3 is 6.18 Å². The Kier molecular flexibility index (Phi) is 6.59. The molecule has 1 rings (SSSR count). The van der Waals surface area contributed by atoms with Crippen molar-refractivity contribution in [1.29, 1.82) is 0 Å². The van der Waals surface area contributed by atoms with Gasteiger partial charge in [-0.3, -0.25) is 4.90 Å². The highest BCUT2D eigenvalue weighted by atomic mass is 19.4. The Morgan fingerprint density at radius 3 is 2.42 bits per heavy atom. The van der Waals surface area contributed by atoms with Crippen molar-refractivity contribution in [2.75, 3.05) is 26.2 Å². The van der Waals surface area contributed by atoms with Gasteiger partial charge in [-0.05, 0) is 12.0 Å². The Balaban J connectivity index is 2.50. The first-order valence-electron chi connectivity index (χ1n) is 6.13. The molecule has 1 aromatic rings. The number of hydrogen-bond acceptors (Lipinski definition) is 2. The van der Waals surface area contributed by atoms with Crippen molar-refractivity contribution in [3.8, 4) is 0 Å². The summed E-state index contributed by atoms with van der Waals surface area (Å²) < 4.78 is 37.1. The van der Waals surface area contributed by atoms with E-state index in [0.29, 0.717) is 6.42 Å². The highest BCUT2D eigenvalue weighted by molar-refractivity contribution is 5.48. The first-order valence-corrected chi connectivity index (χ1v) is 6.13. The van der Waals surface area contributed by atoms with Crippen molar-refractivity contribution in [2.24, 2.45) is 0 Å². The molecule has 0 saturated heterocycles. The summed E-state index contributed by atoms with van der Waals surface area (Å²) in [5.41, 5.74) is 0.955. The number of halogens is 3. The zero-order valence-electron chi connectivity index (χ0n) is 10.6. The molecule has 0 heterocycles. The standard InChI is InChI=1S/C14H18F3NO/c15-14(16,17)12-18(10-5-11-19)9-4-8-13-6-2-1-3-7-13/h1-4,6-8,19H,5,9-12H2/b8-4+. The minimum Gasteiger partial charge on any atom is -0.396 e. The monoisotopic (exact) mass is 273 g/mol. The van der Waals surface area contributed by atoms with E-state index in [9.17, 15) is 13.2 Å². The average Bonchev–Trinajstić information content (AvgIpc) is 2.35. The molecule has 0 bridgehead atoms. The molecule has 1 aromatic carbocycles. The molecule has 0 aliphatic rings. The molecule has 0 amide bonds. The van der Waals surface area contributed by atoms with E-state index in [1.54, 1.807) is 12.2 Å². The summed E-state index contributed by atoms with van der Waals surface area (Å²) in [6.07, 6.45) is -0.369. The molecule has 5 heteroatoms. The van der Waals surface area contributed by atoms with Crippen molar-refractivity contribution in [1.82, 2.24) is 4.90 Å². The maximum atomic E-state index is 12.4. The first-order chi connectivity index (χ1) is 9.01. The predicted octanol–water partition coefficient (Wildman–Crippen LogP) is 2.95. The van der Waals surface area contributed by atoms with Crippen molar-refractivity contribution in [2.45, 2.75) is 12.6 Å². The molecule has 0 saturated carbocycles. The lowest BCUT2D eigenvalue weighted by Gasteiger charge is -2.21. The van der Waals surface area contributed by atoms with Gasteiger partial charge in [0.05, 0.1) is 6.54 Å². The molecule has 0 fully saturated rings. The summed E-state index contributed by atoms with van der Waals surface area (Å²) >= 11 is 0. The van der Waals surface area contributed by atoms with Gasteiger partial charge in [0.15, 0.2) is 0 Å². The van der Waals surface area contributed by atoms with Crippen LogP contribution in [0.5, 0.6) is 0 Å². The summed E-state index contributed by atoms with van der Waals surface area (Å²) in [7, 11) is 0. The molecule has 0 spiro atoms. The highest BCUT2D eigenvalue weighted by Gasteiger charge is 2.29. The lowest BCUT2D eigenvalue weighted by molar-refractivity contribution is -0.145. The SMILES string of the molecule is OCCCN(C/C=C/c1ccccc1)CC(F)(F)F. The topological polar surface area (TPSA) is 23.5 Å². The first kappa shape index (κ1) is 15.7. The number of aliphatic hydroxyl groups excluding tert-OH is 1. The molecule has 106 valence electrons. The van der Waals surface area contributed by atoms with Crippen LogP contribution < -0.4 is 0 Å². The van der Waals surface area contributed by atoms with Crippen LogP contribution in [0.25, 0.3) is 6.08 Å². The Labute approximate surface area is 111 Å². The smallest absolute Gasteiger partial charge is 0.396 e. The Hall–Kier alpha value is -1.33. The van der Waals surface area contributed by atoms with Crippen LogP contribution >= 0.6 is 0 Å². The van der Waals surface area contributed by atoms with Crippen molar-refractivity contribution in [3.05, 3.63) is 42.0 Å². The highest BCUT2D eigenvalue weighted by Crippen LogP contribution is 2.16. The van der Waals surface area contributed by atoms with Gasteiger partial charge in [0.25, 0.3) is 0 Å². The Morgan fingerprint density at radius 1 is 1.16 bits per heavy atom. The van der Waals surface area contributed by atoms with Gasteiger partial charge in [-0.25, -0.2) is 0 Å². The summed E-state index contributed by atoms with van der Waals surface area (Å²) in [6, 6.07) is 9.41. The summed E-state index contributed by atoms with van der Waals surface area (Å²) in [4.78, 5) is 1.27. The largest absolute Gasteiger partial charge is 0.401 e. The summed E-state index contributed by atoms with van der Waals surface area (Å²) in [6.45, 7) is -0.605. The molecule has 0 atom stereocenters. The van der Waals surface area contributed by atoms with E-state index in [0.717, 1.165) is 5.56 Å². The van der Waals surface area contributed by atoms with Crippen LogP contribution in [0.15, 0.2) is 36.4 Å². The normalized spacial score (nSPS) is 12.5. The molecule has 0 aliphatic carbocycles. The molecule has 1 N–H and O–H groups in total. The van der Waals surface area contributed by atoms with Crippen LogP contribution in [0.3, 0.4) is 0 Å². The number of rotatable bonds is 7. The lowest BCUT2D eigenvalue weighted by atomic mass is 10.2. The third-order valence-electron chi connectivity index (χ3n) is 2.51. The molecular weight excluding hydrogens is 255 g/mol.